The summed E-state index contributed by atoms with van der Waals surface area (Å²) < 4.78 is 30.2. The van der Waals surface area contributed by atoms with Gasteiger partial charge in [0.05, 0.1) is 10.5 Å². The van der Waals surface area contributed by atoms with Crippen molar-refractivity contribution in [1.82, 2.24) is 5.32 Å². The molecule has 0 radical (unpaired) electrons. The molecule has 0 spiro atoms. The Labute approximate surface area is 141 Å². The number of halogens is 5. The molecule has 0 amide bonds. The molecule has 0 aliphatic heterocycles. The Morgan fingerprint density at radius 1 is 1.00 bits per heavy atom. The van der Waals surface area contributed by atoms with E-state index in [1.54, 1.807) is 7.05 Å². The standard InChI is InChI=1S/C14H10Br3F2N/c1-20-14(8-3-2-7(15)6-10(8)17)12-11(18)5-4-9(16)13(12)19/h2-6,14,20H,1H3. The SMILES string of the molecule is CNC(c1ccc(Br)cc1Br)c1c(F)ccc(Br)c1F. The third-order valence-electron chi connectivity index (χ3n) is 2.93. The van der Waals surface area contributed by atoms with E-state index in [4.69, 9.17) is 0 Å². The Bertz CT molecular complexity index is 647. The summed E-state index contributed by atoms with van der Waals surface area (Å²) in [6.07, 6.45) is 0. The maximum Gasteiger partial charge on any atom is 0.145 e. The second-order valence-corrected chi connectivity index (χ2v) is 6.77. The van der Waals surface area contributed by atoms with Crippen LogP contribution in [0.2, 0.25) is 0 Å². The largest absolute Gasteiger partial charge is 0.309 e. The Morgan fingerprint density at radius 3 is 2.30 bits per heavy atom. The fourth-order valence-electron chi connectivity index (χ4n) is 2.00. The molecule has 0 heterocycles. The van der Waals surface area contributed by atoms with Crippen LogP contribution in [0.5, 0.6) is 0 Å². The van der Waals surface area contributed by atoms with Gasteiger partial charge in [-0.3, -0.25) is 0 Å². The summed E-state index contributed by atoms with van der Waals surface area (Å²) in [6.45, 7) is 0. The van der Waals surface area contributed by atoms with E-state index in [1.807, 2.05) is 18.2 Å². The molecule has 0 aliphatic carbocycles. The number of nitrogens with one attached hydrogen (secondary N) is 1. The van der Waals surface area contributed by atoms with Gasteiger partial charge in [0.2, 0.25) is 0 Å². The van der Waals surface area contributed by atoms with Crippen LogP contribution < -0.4 is 5.32 Å². The average Bonchev–Trinajstić information content (AvgIpc) is 2.40. The van der Waals surface area contributed by atoms with Gasteiger partial charge in [-0.2, -0.15) is 0 Å². The molecule has 0 bridgehead atoms. The zero-order valence-electron chi connectivity index (χ0n) is 10.4. The van der Waals surface area contributed by atoms with E-state index in [0.717, 1.165) is 14.5 Å². The highest BCUT2D eigenvalue weighted by atomic mass is 79.9. The molecule has 1 N–H and O–H groups in total. The monoisotopic (exact) mass is 467 g/mol. The van der Waals surface area contributed by atoms with Crippen molar-refractivity contribution in [3.63, 3.8) is 0 Å². The fourth-order valence-corrected chi connectivity index (χ4v) is 3.62. The molecule has 0 aromatic heterocycles. The van der Waals surface area contributed by atoms with Gasteiger partial charge in [-0.15, -0.1) is 0 Å². The first-order valence-corrected chi connectivity index (χ1v) is 8.09. The summed E-state index contributed by atoms with van der Waals surface area (Å²) in [7, 11) is 1.67. The van der Waals surface area contributed by atoms with Gasteiger partial charge in [0.25, 0.3) is 0 Å². The second-order valence-electron chi connectivity index (χ2n) is 4.14. The molecule has 2 aromatic rings. The number of hydrogen-bond donors (Lipinski definition) is 1. The highest BCUT2D eigenvalue weighted by molar-refractivity contribution is 9.11. The summed E-state index contributed by atoms with van der Waals surface area (Å²) in [5, 5.41) is 2.96. The first-order valence-electron chi connectivity index (χ1n) is 5.71. The van der Waals surface area contributed by atoms with Crippen LogP contribution in [-0.2, 0) is 0 Å². The first kappa shape index (κ1) is 16.1. The predicted molar refractivity (Wildman–Crippen MR) is 86.8 cm³/mol. The minimum Gasteiger partial charge on any atom is -0.309 e. The van der Waals surface area contributed by atoms with E-state index >= 15 is 0 Å². The molecule has 0 aliphatic rings. The number of hydrogen-bond acceptors (Lipinski definition) is 1. The van der Waals surface area contributed by atoms with Crippen LogP contribution >= 0.6 is 47.8 Å². The summed E-state index contributed by atoms with van der Waals surface area (Å²) in [4.78, 5) is 0. The van der Waals surface area contributed by atoms with Crippen molar-refractivity contribution in [3.05, 3.63) is 66.5 Å². The normalized spacial score (nSPS) is 12.5. The quantitative estimate of drug-likeness (QED) is 0.580. The molecule has 0 saturated carbocycles. The van der Waals surface area contributed by atoms with Gasteiger partial charge < -0.3 is 5.32 Å². The van der Waals surface area contributed by atoms with Crippen molar-refractivity contribution in [2.75, 3.05) is 7.05 Å². The molecule has 1 atom stereocenters. The van der Waals surface area contributed by atoms with E-state index in [1.165, 1.54) is 12.1 Å². The van der Waals surface area contributed by atoms with E-state index in [2.05, 4.69) is 53.1 Å². The van der Waals surface area contributed by atoms with Crippen LogP contribution in [0.4, 0.5) is 8.78 Å². The Balaban J connectivity index is 2.61. The van der Waals surface area contributed by atoms with Crippen LogP contribution in [0, 0.1) is 11.6 Å². The highest BCUT2D eigenvalue weighted by Gasteiger charge is 2.24. The van der Waals surface area contributed by atoms with E-state index in [-0.39, 0.29) is 10.0 Å². The highest BCUT2D eigenvalue weighted by Crippen LogP contribution is 2.34. The topological polar surface area (TPSA) is 12.0 Å². The van der Waals surface area contributed by atoms with Crippen molar-refractivity contribution in [3.8, 4) is 0 Å². The lowest BCUT2D eigenvalue weighted by atomic mass is 9.98. The van der Waals surface area contributed by atoms with Gasteiger partial charge in [-0.05, 0) is 52.8 Å². The van der Waals surface area contributed by atoms with Crippen LogP contribution in [0.1, 0.15) is 17.2 Å². The van der Waals surface area contributed by atoms with Crippen LogP contribution in [-0.4, -0.2) is 7.05 Å². The summed E-state index contributed by atoms with van der Waals surface area (Å²) in [5.41, 5.74) is 0.747. The minimum atomic E-state index is -0.598. The van der Waals surface area contributed by atoms with E-state index in [0.29, 0.717) is 0 Å². The number of rotatable bonds is 3. The molecule has 106 valence electrons. The van der Waals surface area contributed by atoms with Gasteiger partial charge in [0, 0.05) is 14.5 Å². The maximum atomic E-state index is 14.2. The first-order chi connectivity index (χ1) is 9.45. The Kier molecular flexibility index (Phi) is 5.34. The second kappa shape index (κ2) is 6.64. The van der Waals surface area contributed by atoms with E-state index < -0.39 is 17.7 Å². The summed E-state index contributed by atoms with van der Waals surface area (Å²) in [5.74, 6) is -1.18. The lowest BCUT2D eigenvalue weighted by Gasteiger charge is -2.20. The molecule has 2 aromatic carbocycles. The molecule has 1 nitrogen and oxygen atoms in total. The summed E-state index contributed by atoms with van der Waals surface area (Å²) >= 11 is 9.88. The molecular formula is C14H10Br3F2N. The molecular weight excluding hydrogens is 460 g/mol. The van der Waals surface area contributed by atoms with Crippen molar-refractivity contribution in [2.45, 2.75) is 6.04 Å². The third kappa shape index (κ3) is 3.13. The zero-order chi connectivity index (χ0) is 14.9. The lowest BCUT2D eigenvalue weighted by Crippen LogP contribution is -2.21. The zero-order valence-corrected chi connectivity index (χ0v) is 15.1. The molecule has 0 saturated heterocycles. The molecule has 20 heavy (non-hydrogen) atoms. The predicted octanol–water partition coefficient (Wildman–Crippen LogP) is 5.56. The lowest BCUT2D eigenvalue weighted by molar-refractivity contribution is 0.518. The van der Waals surface area contributed by atoms with Gasteiger partial charge in [-0.25, -0.2) is 8.78 Å². The summed E-state index contributed by atoms with van der Waals surface area (Å²) in [6, 6.07) is 7.51. The minimum absolute atomic E-state index is 0.00935. The van der Waals surface area contributed by atoms with Gasteiger partial charge in [0.15, 0.2) is 0 Å². The fraction of sp³-hybridized carbons (Fsp3) is 0.143. The van der Waals surface area contributed by atoms with Gasteiger partial charge in [0.1, 0.15) is 11.6 Å². The van der Waals surface area contributed by atoms with Crippen LogP contribution in [0.15, 0.2) is 43.7 Å². The maximum absolute atomic E-state index is 14.2. The van der Waals surface area contributed by atoms with Gasteiger partial charge >= 0.3 is 0 Å². The Morgan fingerprint density at radius 2 is 1.70 bits per heavy atom. The van der Waals surface area contributed by atoms with Gasteiger partial charge in [-0.1, -0.05) is 37.9 Å². The molecule has 1 unspecified atom stereocenters. The smallest absolute Gasteiger partial charge is 0.145 e. The van der Waals surface area contributed by atoms with Crippen molar-refractivity contribution >= 4 is 47.8 Å². The molecule has 2 rings (SSSR count). The molecule has 0 fully saturated rings. The van der Waals surface area contributed by atoms with Crippen molar-refractivity contribution < 1.29 is 8.78 Å². The van der Waals surface area contributed by atoms with E-state index in [9.17, 15) is 8.78 Å². The van der Waals surface area contributed by atoms with Crippen LogP contribution in [0.25, 0.3) is 0 Å². The average molecular weight is 470 g/mol. The van der Waals surface area contributed by atoms with Crippen molar-refractivity contribution in [1.29, 1.82) is 0 Å². The van der Waals surface area contributed by atoms with Crippen molar-refractivity contribution in [2.24, 2.45) is 0 Å². The molecule has 6 heteroatoms. The number of benzene rings is 2. The third-order valence-corrected chi connectivity index (χ3v) is 4.72. The van der Waals surface area contributed by atoms with Crippen LogP contribution in [0.3, 0.4) is 0 Å². The Hall–Kier alpha value is -0.300.